The van der Waals surface area contributed by atoms with E-state index in [0.717, 1.165) is 8.04 Å². The van der Waals surface area contributed by atoms with E-state index in [-0.39, 0.29) is 5.82 Å². The highest BCUT2D eigenvalue weighted by molar-refractivity contribution is 14.1. The summed E-state index contributed by atoms with van der Waals surface area (Å²) in [7, 11) is 1.52. The molecule has 1 aromatic carbocycles. The summed E-state index contributed by atoms with van der Waals surface area (Å²) in [6.07, 6.45) is 0. The molecule has 11 heavy (non-hydrogen) atoms. The molecule has 4 heteroatoms. The molecule has 0 saturated carbocycles. The maximum absolute atomic E-state index is 12.7. The Labute approximate surface area is 86.2 Å². The number of ether oxygens (including phenoxy) is 1. The lowest BCUT2D eigenvalue weighted by Gasteiger charge is -2.04. The molecule has 0 aliphatic heterocycles. The molecule has 0 aliphatic carbocycles. The summed E-state index contributed by atoms with van der Waals surface area (Å²) in [5, 5.41) is 0. The highest BCUT2D eigenvalue weighted by Crippen LogP contribution is 2.29. The number of hydrogen-bond acceptors (Lipinski definition) is 1. The van der Waals surface area contributed by atoms with Gasteiger partial charge in [-0.1, -0.05) is 0 Å². The molecule has 0 atom stereocenters. The van der Waals surface area contributed by atoms with Crippen molar-refractivity contribution in [1.29, 1.82) is 0 Å². The van der Waals surface area contributed by atoms with Gasteiger partial charge in [-0.2, -0.15) is 0 Å². The van der Waals surface area contributed by atoms with E-state index in [1.54, 1.807) is 0 Å². The summed E-state index contributed by atoms with van der Waals surface area (Å²) in [6, 6.07) is 2.76. The Morgan fingerprint density at radius 3 is 2.73 bits per heavy atom. The Morgan fingerprint density at radius 2 is 2.18 bits per heavy atom. The van der Waals surface area contributed by atoms with Gasteiger partial charge in [0.05, 0.1) is 10.7 Å². The first-order chi connectivity index (χ1) is 5.15. The first-order valence-electron chi connectivity index (χ1n) is 2.83. The van der Waals surface area contributed by atoms with Gasteiger partial charge in [0.15, 0.2) is 0 Å². The maximum atomic E-state index is 12.7. The molecule has 60 valence electrons. The second kappa shape index (κ2) is 3.71. The van der Waals surface area contributed by atoms with Crippen molar-refractivity contribution in [3.05, 3.63) is 26.0 Å². The minimum atomic E-state index is -0.297. The third-order valence-corrected chi connectivity index (χ3v) is 3.66. The fourth-order valence-electron chi connectivity index (χ4n) is 0.681. The minimum Gasteiger partial charge on any atom is -0.495 e. The van der Waals surface area contributed by atoms with Crippen molar-refractivity contribution in [2.45, 2.75) is 0 Å². The smallest absolute Gasteiger partial charge is 0.136 e. The van der Waals surface area contributed by atoms with Crippen molar-refractivity contribution in [3.63, 3.8) is 0 Å². The van der Waals surface area contributed by atoms with Crippen molar-refractivity contribution < 1.29 is 9.13 Å². The summed E-state index contributed by atoms with van der Waals surface area (Å²) in [5.74, 6) is 0.256. The molecule has 0 fully saturated rings. The van der Waals surface area contributed by atoms with Crippen LogP contribution in [0.4, 0.5) is 4.39 Å². The van der Waals surface area contributed by atoms with Crippen LogP contribution in [0.5, 0.6) is 5.75 Å². The number of rotatable bonds is 1. The molecular formula is C7H5BrFIO. The Balaban J connectivity index is 3.24. The largest absolute Gasteiger partial charge is 0.495 e. The van der Waals surface area contributed by atoms with Gasteiger partial charge in [0.25, 0.3) is 0 Å². The SMILES string of the molecule is COc1cc(F)cc(Br)c1I. The van der Waals surface area contributed by atoms with Gasteiger partial charge in [0.2, 0.25) is 0 Å². The molecule has 0 spiro atoms. The summed E-state index contributed by atoms with van der Waals surface area (Å²) in [4.78, 5) is 0. The van der Waals surface area contributed by atoms with Gasteiger partial charge in [0, 0.05) is 10.5 Å². The van der Waals surface area contributed by atoms with E-state index in [1.807, 2.05) is 0 Å². The second-order valence-corrected chi connectivity index (χ2v) is 3.84. The van der Waals surface area contributed by atoms with Crippen LogP contribution in [0.2, 0.25) is 0 Å². The topological polar surface area (TPSA) is 9.23 Å². The van der Waals surface area contributed by atoms with Crippen molar-refractivity contribution >= 4 is 38.5 Å². The molecule has 1 nitrogen and oxygen atoms in total. The first-order valence-corrected chi connectivity index (χ1v) is 4.71. The molecule has 0 aromatic heterocycles. The van der Waals surface area contributed by atoms with Crippen LogP contribution < -0.4 is 4.74 Å². The lowest BCUT2D eigenvalue weighted by molar-refractivity contribution is 0.408. The Kier molecular flexibility index (Phi) is 3.12. The van der Waals surface area contributed by atoms with Gasteiger partial charge in [0.1, 0.15) is 11.6 Å². The van der Waals surface area contributed by atoms with E-state index in [9.17, 15) is 4.39 Å². The van der Waals surface area contributed by atoms with E-state index in [4.69, 9.17) is 4.74 Å². The summed E-state index contributed by atoms with van der Waals surface area (Å²) >= 11 is 5.29. The first kappa shape index (κ1) is 9.25. The van der Waals surface area contributed by atoms with Crippen LogP contribution in [-0.4, -0.2) is 7.11 Å². The van der Waals surface area contributed by atoms with Crippen LogP contribution in [0.1, 0.15) is 0 Å². The van der Waals surface area contributed by atoms with Crippen molar-refractivity contribution in [2.75, 3.05) is 7.11 Å². The third-order valence-electron chi connectivity index (χ3n) is 1.18. The predicted octanol–water partition coefficient (Wildman–Crippen LogP) is 3.20. The number of methoxy groups -OCH3 is 1. The van der Waals surface area contributed by atoms with Crippen LogP contribution in [0.15, 0.2) is 16.6 Å². The average molecular weight is 331 g/mol. The van der Waals surface area contributed by atoms with E-state index < -0.39 is 0 Å². The zero-order valence-corrected chi connectivity index (χ0v) is 9.44. The lowest BCUT2D eigenvalue weighted by Crippen LogP contribution is -1.89. The normalized spacial score (nSPS) is 9.82. The fraction of sp³-hybridized carbons (Fsp3) is 0.143. The highest BCUT2D eigenvalue weighted by atomic mass is 127. The van der Waals surface area contributed by atoms with Gasteiger partial charge < -0.3 is 4.74 Å². The van der Waals surface area contributed by atoms with Crippen molar-refractivity contribution in [2.24, 2.45) is 0 Å². The molecule has 0 amide bonds. The third kappa shape index (κ3) is 2.05. The Morgan fingerprint density at radius 1 is 1.55 bits per heavy atom. The molecule has 1 aromatic rings. The second-order valence-electron chi connectivity index (χ2n) is 1.90. The molecule has 1 rings (SSSR count). The van der Waals surface area contributed by atoms with Gasteiger partial charge in [-0.3, -0.25) is 0 Å². The van der Waals surface area contributed by atoms with Crippen LogP contribution in [0.25, 0.3) is 0 Å². The van der Waals surface area contributed by atoms with Crippen LogP contribution >= 0.6 is 38.5 Å². The molecule has 0 bridgehead atoms. The van der Waals surface area contributed by atoms with E-state index >= 15 is 0 Å². The van der Waals surface area contributed by atoms with Gasteiger partial charge in [-0.15, -0.1) is 0 Å². The molecule has 0 aliphatic rings. The molecular weight excluding hydrogens is 326 g/mol. The maximum Gasteiger partial charge on any atom is 0.136 e. The molecule has 0 saturated heterocycles. The van der Waals surface area contributed by atoms with Crippen LogP contribution in [0.3, 0.4) is 0 Å². The van der Waals surface area contributed by atoms with E-state index in [2.05, 4.69) is 38.5 Å². The van der Waals surface area contributed by atoms with Gasteiger partial charge >= 0.3 is 0 Å². The van der Waals surface area contributed by atoms with Gasteiger partial charge in [-0.05, 0) is 44.6 Å². The monoisotopic (exact) mass is 330 g/mol. The standard InChI is InChI=1S/C7H5BrFIO/c1-11-6-3-4(9)2-5(8)7(6)10/h2-3H,1H3. The number of benzene rings is 1. The van der Waals surface area contributed by atoms with Gasteiger partial charge in [-0.25, -0.2) is 4.39 Å². The summed E-state index contributed by atoms with van der Waals surface area (Å²) in [6.45, 7) is 0. The van der Waals surface area contributed by atoms with Crippen molar-refractivity contribution in [1.82, 2.24) is 0 Å². The summed E-state index contributed by atoms with van der Waals surface area (Å²) < 4.78 is 19.2. The highest BCUT2D eigenvalue weighted by Gasteiger charge is 2.05. The van der Waals surface area contributed by atoms with Crippen LogP contribution in [-0.2, 0) is 0 Å². The quantitative estimate of drug-likeness (QED) is 0.567. The zero-order chi connectivity index (χ0) is 8.43. The minimum absolute atomic E-state index is 0.297. The Bertz CT molecular complexity index is 277. The molecule has 0 N–H and O–H groups in total. The Hall–Kier alpha value is 0.160. The van der Waals surface area contributed by atoms with E-state index in [1.165, 1.54) is 19.2 Å². The number of halogens is 3. The zero-order valence-electron chi connectivity index (χ0n) is 5.70. The summed E-state index contributed by atoms with van der Waals surface area (Å²) in [5.41, 5.74) is 0. The fourth-order valence-corrected chi connectivity index (χ4v) is 1.63. The number of hydrogen-bond donors (Lipinski definition) is 0. The van der Waals surface area contributed by atoms with Crippen LogP contribution in [0, 0.1) is 9.39 Å². The lowest BCUT2D eigenvalue weighted by atomic mass is 10.3. The van der Waals surface area contributed by atoms with E-state index in [0.29, 0.717) is 5.75 Å². The molecule has 0 heterocycles. The van der Waals surface area contributed by atoms with Crippen molar-refractivity contribution in [3.8, 4) is 5.75 Å². The molecule has 0 radical (unpaired) electrons. The predicted molar refractivity (Wildman–Crippen MR) is 53.4 cm³/mol. The average Bonchev–Trinajstić information content (AvgIpc) is 1.96. The molecule has 0 unspecified atom stereocenters.